The van der Waals surface area contributed by atoms with Gasteiger partial charge in [-0.25, -0.2) is 0 Å². The molecule has 20 heavy (non-hydrogen) atoms. The third kappa shape index (κ3) is 5.24. The number of hydrogen-bond acceptors (Lipinski definition) is 2. The Morgan fingerprint density at radius 1 is 1.15 bits per heavy atom. The lowest BCUT2D eigenvalue weighted by atomic mass is 10.0. The van der Waals surface area contributed by atoms with Crippen LogP contribution in [0.1, 0.15) is 59.1 Å². The Labute approximate surface area is 122 Å². The summed E-state index contributed by atoms with van der Waals surface area (Å²) in [6.07, 6.45) is 2.14. The highest BCUT2D eigenvalue weighted by Crippen LogP contribution is 2.19. The van der Waals surface area contributed by atoms with Crippen molar-refractivity contribution in [3.63, 3.8) is 0 Å². The number of ether oxygens (including phenoxy) is 1. The SMILES string of the molecule is CCCC(C)C(=O)NC(C)c1ccc(OC(C)C)cc1. The average molecular weight is 277 g/mol. The molecule has 3 nitrogen and oxygen atoms in total. The van der Waals surface area contributed by atoms with Gasteiger partial charge < -0.3 is 10.1 Å². The molecule has 1 aromatic rings. The number of benzene rings is 1. The van der Waals surface area contributed by atoms with Gasteiger partial charge in [0.05, 0.1) is 12.1 Å². The van der Waals surface area contributed by atoms with Crippen molar-refractivity contribution >= 4 is 5.91 Å². The molecule has 3 heteroatoms. The van der Waals surface area contributed by atoms with Crippen molar-refractivity contribution in [1.29, 1.82) is 0 Å². The second kappa shape index (κ2) is 7.93. The molecule has 0 radical (unpaired) electrons. The molecule has 0 aliphatic rings. The van der Waals surface area contributed by atoms with Crippen molar-refractivity contribution in [2.75, 3.05) is 0 Å². The topological polar surface area (TPSA) is 38.3 Å². The third-order valence-electron chi connectivity index (χ3n) is 3.28. The minimum Gasteiger partial charge on any atom is -0.491 e. The van der Waals surface area contributed by atoms with Crippen LogP contribution in [-0.2, 0) is 4.79 Å². The van der Waals surface area contributed by atoms with Gasteiger partial charge in [0.15, 0.2) is 0 Å². The van der Waals surface area contributed by atoms with Crippen LogP contribution in [0.3, 0.4) is 0 Å². The zero-order valence-corrected chi connectivity index (χ0v) is 13.3. The summed E-state index contributed by atoms with van der Waals surface area (Å²) in [5.41, 5.74) is 1.10. The fraction of sp³-hybridized carbons (Fsp3) is 0.588. The molecule has 2 unspecified atom stereocenters. The van der Waals surface area contributed by atoms with Gasteiger partial charge >= 0.3 is 0 Å². The summed E-state index contributed by atoms with van der Waals surface area (Å²) >= 11 is 0. The maximum absolute atomic E-state index is 12.0. The Kier molecular flexibility index (Phi) is 6.56. The predicted octanol–water partition coefficient (Wildman–Crippen LogP) is 4.09. The summed E-state index contributed by atoms with van der Waals surface area (Å²) in [5, 5.41) is 3.06. The quantitative estimate of drug-likeness (QED) is 0.815. The Morgan fingerprint density at radius 3 is 2.25 bits per heavy atom. The molecule has 0 heterocycles. The molecule has 0 saturated carbocycles. The summed E-state index contributed by atoms with van der Waals surface area (Å²) < 4.78 is 5.61. The molecular weight excluding hydrogens is 250 g/mol. The van der Waals surface area contributed by atoms with Crippen LogP contribution in [0, 0.1) is 5.92 Å². The van der Waals surface area contributed by atoms with E-state index in [1.54, 1.807) is 0 Å². The smallest absolute Gasteiger partial charge is 0.223 e. The number of carbonyl (C=O) groups excluding carboxylic acids is 1. The lowest BCUT2D eigenvalue weighted by Crippen LogP contribution is -2.31. The van der Waals surface area contributed by atoms with Crippen molar-refractivity contribution in [2.24, 2.45) is 5.92 Å². The zero-order valence-electron chi connectivity index (χ0n) is 13.3. The first kappa shape index (κ1) is 16.5. The largest absolute Gasteiger partial charge is 0.491 e. The Hall–Kier alpha value is -1.51. The predicted molar refractivity (Wildman–Crippen MR) is 82.8 cm³/mol. The summed E-state index contributed by atoms with van der Waals surface area (Å²) in [6.45, 7) is 10.1. The van der Waals surface area contributed by atoms with Crippen LogP contribution in [-0.4, -0.2) is 12.0 Å². The van der Waals surface area contributed by atoms with E-state index in [1.807, 2.05) is 52.0 Å². The molecular formula is C17H27NO2. The van der Waals surface area contributed by atoms with Crippen LogP contribution >= 0.6 is 0 Å². The highest BCUT2D eigenvalue weighted by Gasteiger charge is 2.15. The number of rotatable bonds is 7. The van der Waals surface area contributed by atoms with E-state index in [2.05, 4.69) is 12.2 Å². The van der Waals surface area contributed by atoms with Gasteiger partial charge in [-0.3, -0.25) is 4.79 Å². The van der Waals surface area contributed by atoms with Gasteiger partial charge in [-0.1, -0.05) is 32.4 Å². The van der Waals surface area contributed by atoms with Gasteiger partial charge in [0.1, 0.15) is 5.75 Å². The van der Waals surface area contributed by atoms with Crippen LogP contribution in [0.25, 0.3) is 0 Å². The third-order valence-corrected chi connectivity index (χ3v) is 3.28. The first-order chi connectivity index (χ1) is 9.43. The average Bonchev–Trinajstić information content (AvgIpc) is 2.39. The van der Waals surface area contributed by atoms with Crippen LogP contribution in [0.4, 0.5) is 0 Å². The van der Waals surface area contributed by atoms with E-state index in [0.29, 0.717) is 0 Å². The first-order valence-electron chi connectivity index (χ1n) is 7.51. The maximum Gasteiger partial charge on any atom is 0.223 e. The van der Waals surface area contributed by atoms with Gasteiger partial charge in [-0.2, -0.15) is 0 Å². The normalized spacial score (nSPS) is 13.9. The molecule has 1 rings (SSSR count). The van der Waals surface area contributed by atoms with E-state index in [1.165, 1.54) is 0 Å². The molecule has 1 amide bonds. The molecule has 112 valence electrons. The number of hydrogen-bond donors (Lipinski definition) is 1. The van der Waals surface area contributed by atoms with Crippen molar-refractivity contribution in [3.8, 4) is 5.75 Å². The molecule has 0 saturated heterocycles. The molecule has 0 aromatic heterocycles. The van der Waals surface area contributed by atoms with E-state index >= 15 is 0 Å². The van der Waals surface area contributed by atoms with Crippen LogP contribution in [0.2, 0.25) is 0 Å². The lowest BCUT2D eigenvalue weighted by Gasteiger charge is -2.18. The summed E-state index contributed by atoms with van der Waals surface area (Å²) in [4.78, 5) is 12.0. The molecule has 1 aromatic carbocycles. The van der Waals surface area contributed by atoms with Crippen molar-refractivity contribution in [1.82, 2.24) is 5.32 Å². The Balaban J connectivity index is 2.59. The number of amides is 1. The van der Waals surface area contributed by atoms with Gasteiger partial charge in [-0.05, 0) is 44.9 Å². The van der Waals surface area contributed by atoms with E-state index in [-0.39, 0.29) is 24.0 Å². The molecule has 0 bridgehead atoms. The fourth-order valence-electron chi connectivity index (χ4n) is 2.11. The molecule has 0 spiro atoms. The minimum atomic E-state index is 0.0231. The molecule has 0 aliphatic heterocycles. The summed E-state index contributed by atoms with van der Waals surface area (Å²) in [7, 11) is 0. The molecule has 0 fully saturated rings. The van der Waals surface area contributed by atoms with Crippen LogP contribution in [0.15, 0.2) is 24.3 Å². The lowest BCUT2D eigenvalue weighted by molar-refractivity contribution is -0.125. The van der Waals surface area contributed by atoms with Gasteiger partial charge in [0.2, 0.25) is 5.91 Å². The Bertz CT molecular complexity index is 412. The Morgan fingerprint density at radius 2 is 1.75 bits per heavy atom. The minimum absolute atomic E-state index is 0.0231. The fourth-order valence-corrected chi connectivity index (χ4v) is 2.11. The van der Waals surface area contributed by atoms with Crippen LogP contribution < -0.4 is 10.1 Å². The number of carbonyl (C=O) groups is 1. The summed E-state index contributed by atoms with van der Waals surface area (Å²) in [5.74, 6) is 1.06. The molecule has 0 aliphatic carbocycles. The van der Waals surface area contributed by atoms with Crippen molar-refractivity contribution in [3.05, 3.63) is 29.8 Å². The van der Waals surface area contributed by atoms with Crippen LogP contribution in [0.5, 0.6) is 5.75 Å². The van der Waals surface area contributed by atoms with Crippen molar-refractivity contribution < 1.29 is 9.53 Å². The number of nitrogens with one attached hydrogen (secondary N) is 1. The standard InChI is InChI=1S/C17H27NO2/c1-6-7-13(4)17(19)18-14(5)15-8-10-16(11-9-15)20-12(2)3/h8-14H,6-7H2,1-5H3,(H,18,19). The maximum atomic E-state index is 12.0. The van der Waals surface area contributed by atoms with E-state index in [9.17, 15) is 4.79 Å². The van der Waals surface area contributed by atoms with Gasteiger partial charge in [-0.15, -0.1) is 0 Å². The highest BCUT2D eigenvalue weighted by atomic mass is 16.5. The van der Waals surface area contributed by atoms with Crippen molar-refractivity contribution in [2.45, 2.75) is 59.6 Å². The van der Waals surface area contributed by atoms with E-state index < -0.39 is 0 Å². The first-order valence-corrected chi connectivity index (χ1v) is 7.51. The second-order valence-electron chi connectivity index (χ2n) is 5.66. The molecule has 1 N–H and O–H groups in total. The second-order valence-corrected chi connectivity index (χ2v) is 5.66. The monoisotopic (exact) mass is 277 g/mol. The van der Waals surface area contributed by atoms with Gasteiger partial charge in [0, 0.05) is 5.92 Å². The van der Waals surface area contributed by atoms with Gasteiger partial charge in [0.25, 0.3) is 0 Å². The summed E-state index contributed by atoms with van der Waals surface area (Å²) in [6, 6.07) is 7.94. The molecule has 2 atom stereocenters. The van der Waals surface area contributed by atoms with E-state index in [4.69, 9.17) is 4.74 Å². The highest BCUT2D eigenvalue weighted by molar-refractivity contribution is 5.78. The zero-order chi connectivity index (χ0) is 15.1. The van der Waals surface area contributed by atoms with E-state index in [0.717, 1.165) is 24.2 Å².